The molecule has 0 radical (unpaired) electrons. The van der Waals surface area contributed by atoms with Crippen molar-refractivity contribution in [1.82, 2.24) is 9.38 Å². The molecule has 4 rings (SSSR count). The van der Waals surface area contributed by atoms with E-state index in [1.807, 2.05) is 30.3 Å². The van der Waals surface area contributed by atoms with Gasteiger partial charge in [-0.3, -0.25) is 4.79 Å². The molecule has 0 bridgehead atoms. The van der Waals surface area contributed by atoms with E-state index in [0.717, 1.165) is 5.75 Å². The van der Waals surface area contributed by atoms with Crippen LogP contribution in [0.25, 0.3) is 5.65 Å². The van der Waals surface area contributed by atoms with Gasteiger partial charge in [0.05, 0.1) is 12.1 Å². The lowest BCUT2D eigenvalue weighted by Gasteiger charge is -2.07. The molecule has 4 aromatic rings. The van der Waals surface area contributed by atoms with Crippen LogP contribution in [0.2, 0.25) is 0 Å². The second-order valence-corrected chi connectivity index (χ2v) is 6.01. The van der Waals surface area contributed by atoms with Crippen molar-refractivity contribution in [2.24, 2.45) is 0 Å². The number of anilines is 1. The fourth-order valence-electron chi connectivity index (χ4n) is 2.70. The van der Waals surface area contributed by atoms with Crippen LogP contribution in [-0.2, 0) is 11.2 Å². The molecule has 2 aromatic heterocycles. The van der Waals surface area contributed by atoms with E-state index in [1.165, 1.54) is 12.3 Å². The topological polar surface area (TPSA) is 55.6 Å². The fraction of sp³-hybridized carbons (Fsp3) is 0.0476. The van der Waals surface area contributed by atoms with Gasteiger partial charge in [-0.15, -0.1) is 0 Å². The molecule has 0 aliphatic heterocycles. The van der Waals surface area contributed by atoms with Crippen molar-refractivity contribution in [3.63, 3.8) is 0 Å². The lowest BCUT2D eigenvalue weighted by molar-refractivity contribution is -0.115. The number of rotatable bonds is 5. The Morgan fingerprint density at radius 1 is 0.963 bits per heavy atom. The fourth-order valence-corrected chi connectivity index (χ4v) is 2.70. The number of benzene rings is 2. The van der Waals surface area contributed by atoms with Crippen molar-refractivity contribution >= 4 is 17.2 Å². The molecule has 6 heteroatoms. The van der Waals surface area contributed by atoms with E-state index in [4.69, 9.17) is 4.74 Å². The van der Waals surface area contributed by atoms with Gasteiger partial charge in [0.2, 0.25) is 5.91 Å². The SMILES string of the molecule is O=C(Cc1cn2cc(F)ccc2n1)Nc1ccc(Oc2ccccc2)cc1. The first-order valence-corrected chi connectivity index (χ1v) is 8.42. The minimum absolute atomic E-state index is 0.103. The second-order valence-electron chi connectivity index (χ2n) is 6.01. The molecule has 2 aromatic carbocycles. The molecular weight excluding hydrogens is 345 g/mol. The number of nitrogens with zero attached hydrogens (tertiary/aromatic N) is 2. The molecule has 0 aliphatic carbocycles. The molecular formula is C21H16FN3O2. The van der Waals surface area contributed by atoms with E-state index in [1.54, 1.807) is 40.9 Å². The van der Waals surface area contributed by atoms with Crippen molar-refractivity contribution in [2.45, 2.75) is 6.42 Å². The summed E-state index contributed by atoms with van der Waals surface area (Å²) in [6, 6.07) is 19.5. The third kappa shape index (κ3) is 4.12. The summed E-state index contributed by atoms with van der Waals surface area (Å²) in [7, 11) is 0. The Morgan fingerprint density at radius 3 is 2.48 bits per heavy atom. The van der Waals surface area contributed by atoms with Gasteiger partial charge in [0, 0.05) is 18.1 Å². The maximum Gasteiger partial charge on any atom is 0.230 e. The predicted molar refractivity (Wildman–Crippen MR) is 100 cm³/mol. The molecule has 1 amide bonds. The highest BCUT2D eigenvalue weighted by Gasteiger charge is 2.09. The van der Waals surface area contributed by atoms with Crippen molar-refractivity contribution in [1.29, 1.82) is 0 Å². The average molecular weight is 361 g/mol. The number of aromatic nitrogens is 2. The van der Waals surface area contributed by atoms with Crippen LogP contribution in [0, 0.1) is 5.82 Å². The number of carbonyl (C=O) groups is 1. The minimum atomic E-state index is -0.353. The number of nitrogens with one attached hydrogen (secondary N) is 1. The minimum Gasteiger partial charge on any atom is -0.457 e. The molecule has 0 saturated heterocycles. The highest BCUT2D eigenvalue weighted by Crippen LogP contribution is 2.22. The summed E-state index contributed by atoms with van der Waals surface area (Å²) >= 11 is 0. The molecule has 5 nitrogen and oxygen atoms in total. The first kappa shape index (κ1) is 16.8. The maximum atomic E-state index is 13.2. The van der Waals surface area contributed by atoms with Crippen LogP contribution in [0.1, 0.15) is 5.69 Å². The van der Waals surface area contributed by atoms with E-state index in [2.05, 4.69) is 10.3 Å². The van der Waals surface area contributed by atoms with Gasteiger partial charge in [-0.25, -0.2) is 9.37 Å². The second kappa shape index (κ2) is 7.29. The predicted octanol–water partition coefficient (Wildman–Crippen LogP) is 4.45. The summed E-state index contributed by atoms with van der Waals surface area (Å²) < 4.78 is 20.5. The van der Waals surface area contributed by atoms with Crippen molar-refractivity contribution < 1.29 is 13.9 Å². The van der Waals surface area contributed by atoms with Gasteiger partial charge in [-0.2, -0.15) is 0 Å². The molecule has 2 heterocycles. The Kier molecular flexibility index (Phi) is 4.53. The molecule has 0 aliphatic rings. The largest absolute Gasteiger partial charge is 0.457 e. The summed E-state index contributed by atoms with van der Waals surface area (Å²) in [4.78, 5) is 16.5. The number of hydrogen-bond acceptors (Lipinski definition) is 3. The molecule has 0 saturated carbocycles. The molecule has 0 unspecified atom stereocenters. The molecule has 1 N–H and O–H groups in total. The third-order valence-corrected chi connectivity index (χ3v) is 3.92. The highest BCUT2D eigenvalue weighted by molar-refractivity contribution is 5.92. The zero-order valence-electron chi connectivity index (χ0n) is 14.3. The summed E-state index contributed by atoms with van der Waals surface area (Å²) in [6.45, 7) is 0. The number of para-hydroxylation sites is 1. The van der Waals surface area contributed by atoms with Gasteiger partial charge in [0.25, 0.3) is 0 Å². The number of halogens is 1. The molecule has 0 fully saturated rings. The Bertz CT molecular complexity index is 1080. The molecule has 134 valence electrons. The van der Waals surface area contributed by atoms with Crippen molar-refractivity contribution in [2.75, 3.05) is 5.32 Å². The zero-order valence-corrected chi connectivity index (χ0v) is 14.3. The van der Waals surface area contributed by atoms with Crippen LogP contribution in [0.15, 0.2) is 79.1 Å². The first-order valence-electron chi connectivity index (χ1n) is 8.42. The summed E-state index contributed by atoms with van der Waals surface area (Å²) in [5, 5.41) is 2.82. The molecule has 27 heavy (non-hydrogen) atoms. The number of carbonyl (C=O) groups excluding carboxylic acids is 1. The Balaban J connectivity index is 1.38. The van der Waals surface area contributed by atoms with Crippen LogP contribution in [-0.4, -0.2) is 15.3 Å². The standard InChI is InChI=1S/C21H16FN3O2/c22-15-6-11-20-23-17(14-25(20)13-15)12-21(26)24-16-7-9-19(10-8-16)27-18-4-2-1-3-5-18/h1-11,13-14H,12H2,(H,24,26). The van der Waals surface area contributed by atoms with Crippen LogP contribution >= 0.6 is 0 Å². The van der Waals surface area contributed by atoms with Gasteiger partial charge in [0.15, 0.2) is 0 Å². The van der Waals surface area contributed by atoms with Gasteiger partial charge in [0.1, 0.15) is 23.0 Å². The number of hydrogen-bond donors (Lipinski definition) is 1. The number of pyridine rings is 1. The lowest BCUT2D eigenvalue weighted by Crippen LogP contribution is -2.14. The monoisotopic (exact) mass is 361 g/mol. The third-order valence-electron chi connectivity index (χ3n) is 3.92. The Hall–Kier alpha value is -3.67. The van der Waals surface area contributed by atoms with Crippen LogP contribution in [0.3, 0.4) is 0 Å². The number of fused-ring (bicyclic) bond motifs is 1. The number of amides is 1. The lowest BCUT2D eigenvalue weighted by atomic mass is 10.2. The van der Waals surface area contributed by atoms with E-state index >= 15 is 0 Å². The van der Waals surface area contributed by atoms with Gasteiger partial charge in [-0.1, -0.05) is 18.2 Å². The van der Waals surface area contributed by atoms with Crippen LogP contribution in [0.5, 0.6) is 11.5 Å². The Labute approximate surface area is 155 Å². The van der Waals surface area contributed by atoms with Gasteiger partial charge >= 0.3 is 0 Å². The zero-order chi connectivity index (χ0) is 18.6. The van der Waals surface area contributed by atoms with Crippen molar-refractivity contribution in [3.8, 4) is 11.5 Å². The summed E-state index contributed by atoms with van der Waals surface area (Å²) in [5.74, 6) is 0.878. The van der Waals surface area contributed by atoms with Crippen molar-refractivity contribution in [3.05, 3.63) is 90.6 Å². The van der Waals surface area contributed by atoms with E-state index < -0.39 is 0 Å². The van der Waals surface area contributed by atoms with E-state index in [0.29, 0.717) is 22.8 Å². The number of ether oxygens (including phenoxy) is 1. The van der Waals surface area contributed by atoms with E-state index in [-0.39, 0.29) is 18.1 Å². The first-order chi connectivity index (χ1) is 13.2. The van der Waals surface area contributed by atoms with Crippen LogP contribution < -0.4 is 10.1 Å². The summed E-state index contributed by atoms with van der Waals surface area (Å²) in [5.41, 5.74) is 1.83. The smallest absolute Gasteiger partial charge is 0.230 e. The van der Waals surface area contributed by atoms with Crippen LogP contribution in [0.4, 0.5) is 10.1 Å². The summed E-state index contributed by atoms with van der Waals surface area (Å²) in [6.07, 6.45) is 3.08. The number of imidazole rings is 1. The van der Waals surface area contributed by atoms with E-state index in [9.17, 15) is 9.18 Å². The maximum absolute atomic E-state index is 13.2. The molecule has 0 spiro atoms. The van der Waals surface area contributed by atoms with Gasteiger partial charge in [-0.05, 0) is 48.5 Å². The average Bonchev–Trinajstić information content (AvgIpc) is 3.05. The quantitative estimate of drug-likeness (QED) is 0.571. The molecule has 0 atom stereocenters. The Morgan fingerprint density at radius 2 is 1.70 bits per heavy atom. The highest BCUT2D eigenvalue weighted by atomic mass is 19.1. The normalized spacial score (nSPS) is 10.7. The van der Waals surface area contributed by atoms with Gasteiger partial charge < -0.3 is 14.5 Å².